The van der Waals surface area contributed by atoms with Gasteiger partial charge in [-0.2, -0.15) is 0 Å². The lowest BCUT2D eigenvalue weighted by Gasteiger charge is -2.45. The van der Waals surface area contributed by atoms with Crippen molar-refractivity contribution < 1.29 is 38.1 Å². The normalized spacial score (nSPS) is 24.4. The summed E-state index contributed by atoms with van der Waals surface area (Å²) in [5.74, 6) is 6.96. The lowest BCUT2D eigenvalue weighted by molar-refractivity contribution is -0.158. The molecular formula is C76H108N4O8. The van der Waals surface area contributed by atoms with Crippen molar-refractivity contribution in [1.82, 2.24) is 19.6 Å². The van der Waals surface area contributed by atoms with Crippen molar-refractivity contribution in [2.75, 3.05) is 98.6 Å². The Bertz CT molecular complexity index is 2660. The second-order valence-electron chi connectivity index (χ2n) is 28.4. The topological polar surface area (TPSA) is 118 Å². The largest absolute Gasteiger partial charge is 0.381 e. The van der Waals surface area contributed by atoms with E-state index in [1.54, 1.807) is 0 Å². The van der Waals surface area contributed by atoms with E-state index in [9.17, 15) is 19.2 Å². The van der Waals surface area contributed by atoms with Crippen LogP contribution in [0.25, 0.3) is 0 Å². The molecule has 0 radical (unpaired) electrons. The van der Waals surface area contributed by atoms with Crippen LogP contribution in [0.3, 0.4) is 0 Å². The molecule has 12 rings (SSSR count). The van der Waals surface area contributed by atoms with Crippen LogP contribution < -0.4 is 0 Å². The molecule has 0 aromatic heterocycles. The fraction of sp³-hybridized carbons (Fsp3) is 0.632. The number of amides is 4. The van der Waals surface area contributed by atoms with Gasteiger partial charge in [0.25, 0.3) is 5.91 Å². The van der Waals surface area contributed by atoms with Crippen molar-refractivity contribution in [2.24, 2.45) is 47.3 Å². The van der Waals surface area contributed by atoms with Crippen LogP contribution in [0, 0.1) is 47.3 Å². The Morgan fingerprint density at radius 2 is 0.636 bits per heavy atom. The maximum Gasteiger partial charge on any atom is 0.259 e. The molecule has 0 spiro atoms. The van der Waals surface area contributed by atoms with E-state index in [-0.39, 0.29) is 23.1 Å². The Kier molecular flexibility index (Phi) is 23.7. The smallest absolute Gasteiger partial charge is 0.259 e. The average molecular weight is 1210 g/mol. The van der Waals surface area contributed by atoms with Crippen LogP contribution in [0.15, 0.2) is 121 Å². The van der Waals surface area contributed by atoms with E-state index in [0.29, 0.717) is 58.1 Å². The molecule has 2 unspecified atom stereocenters. The second kappa shape index (κ2) is 31.1. The van der Waals surface area contributed by atoms with E-state index < -0.39 is 16.4 Å². The van der Waals surface area contributed by atoms with Crippen molar-refractivity contribution in [3.63, 3.8) is 0 Å². The van der Waals surface area contributed by atoms with E-state index in [1.165, 1.54) is 5.56 Å². The van der Waals surface area contributed by atoms with Crippen molar-refractivity contribution in [1.29, 1.82) is 0 Å². The Morgan fingerprint density at radius 3 is 0.955 bits per heavy atom. The van der Waals surface area contributed by atoms with Crippen molar-refractivity contribution in [2.45, 2.75) is 161 Å². The minimum Gasteiger partial charge on any atom is -0.381 e. The molecule has 4 aromatic carbocycles. The highest BCUT2D eigenvalue weighted by molar-refractivity contribution is 5.91. The summed E-state index contributed by atoms with van der Waals surface area (Å²) >= 11 is 0. The minimum atomic E-state index is -0.730. The molecule has 4 aromatic rings. The van der Waals surface area contributed by atoms with E-state index in [2.05, 4.69) is 106 Å². The molecule has 4 amide bonds. The number of hydrogen-bond acceptors (Lipinski definition) is 8. The molecule has 0 N–H and O–H groups in total. The Morgan fingerprint density at radius 1 is 0.341 bits per heavy atom. The van der Waals surface area contributed by atoms with E-state index in [1.807, 2.05) is 89.8 Å². The molecule has 0 bridgehead atoms. The van der Waals surface area contributed by atoms with Gasteiger partial charge in [0.05, 0.1) is 30.7 Å². The molecule has 2 atom stereocenters. The summed E-state index contributed by atoms with van der Waals surface area (Å²) < 4.78 is 22.6. The van der Waals surface area contributed by atoms with Gasteiger partial charge >= 0.3 is 0 Å². The van der Waals surface area contributed by atoms with E-state index >= 15 is 0 Å². The molecule has 8 saturated heterocycles. The first-order chi connectivity index (χ1) is 42.5. The van der Waals surface area contributed by atoms with Gasteiger partial charge in [-0.1, -0.05) is 177 Å². The summed E-state index contributed by atoms with van der Waals surface area (Å²) in [6.45, 7) is 29.8. The number of piperidine rings is 4. The van der Waals surface area contributed by atoms with Gasteiger partial charge in [-0.15, -0.1) is 0 Å². The first-order valence-electron chi connectivity index (χ1n) is 34.3. The fourth-order valence-electron chi connectivity index (χ4n) is 15.5. The van der Waals surface area contributed by atoms with Crippen LogP contribution in [0.5, 0.6) is 0 Å². The van der Waals surface area contributed by atoms with Crippen LogP contribution in [0.4, 0.5) is 0 Å². The molecular weight excluding hydrogens is 1100 g/mol. The molecule has 0 saturated carbocycles. The molecule has 8 heterocycles. The summed E-state index contributed by atoms with van der Waals surface area (Å²) in [6, 6.07) is 40.7. The number of nitrogens with zero attached hydrogens (tertiary/aromatic N) is 4. The average Bonchev–Trinajstić information content (AvgIpc) is 1.87. The Hall–Kier alpha value is -5.40. The second-order valence-corrected chi connectivity index (χ2v) is 28.4. The highest BCUT2D eigenvalue weighted by Gasteiger charge is 2.51. The molecule has 88 heavy (non-hydrogen) atoms. The first-order valence-corrected chi connectivity index (χ1v) is 34.3. The third-order valence-corrected chi connectivity index (χ3v) is 22.0. The Balaban J connectivity index is 0.000000140. The van der Waals surface area contributed by atoms with Gasteiger partial charge in [-0.25, -0.2) is 0 Å². The Labute approximate surface area is 529 Å². The van der Waals surface area contributed by atoms with E-state index in [4.69, 9.17) is 18.9 Å². The molecule has 480 valence electrons. The van der Waals surface area contributed by atoms with Crippen molar-refractivity contribution in [3.05, 3.63) is 144 Å². The zero-order valence-corrected chi connectivity index (χ0v) is 55.0. The summed E-state index contributed by atoms with van der Waals surface area (Å²) in [7, 11) is 0. The standard InChI is InChI=1S/C20H29NO2.2C19H27NO2.C18H25NO2/c1-16(2)17-8-12-21(13-9-17)19(22)20(10-14-23-15-11-20)18-6-4-3-5-7-18;1-15(2)16-9-12-20(13-10-16)18(21)19(11-6-14-22-19)17-7-4-3-5-8-17;1-15(2)16-8-11-20(12-9-16)18(21)19(10-13-22-14-19)17-6-4-3-5-7-17;1-14(2)15-8-10-19(11-9-15)17(20)18(12-21-13-18)16-6-4-3-5-7-16/h3-7,16-17H,8-15H2,1-2H3;3-5,7-8,15-16H,6,9-14H2,1-2H3;3-7,15-16H,8-14H2,1-2H3;3-7,14-15H,8-13H2,1-2H3. The number of benzene rings is 4. The zero-order chi connectivity index (χ0) is 62.3. The van der Waals surface area contributed by atoms with Gasteiger partial charge in [0.1, 0.15) is 5.41 Å². The molecule has 8 fully saturated rings. The maximum absolute atomic E-state index is 13.4. The minimum absolute atomic E-state index is 0.179. The van der Waals surface area contributed by atoms with Crippen LogP contribution in [0.1, 0.15) is 161 Å². The molecule has 12 nitrogen and oxygen atoms in total. The summed E-state index contributed by atoms with van der Waals surface area (Å²) in [5.41, 5.74) is 2.42. The zero-order valence-electron chi connectivity index (χ0n) is 55.0. The van der Waals surface area contributed by atoms with Crippen molar-refractivity contribution >= 4 is 23.6 Å². The highest BCUT2D eigenvalue weighted by atomic mass is 16.5. The van der Waals surface area contributed by atoms with Crippen LogP contribution in [-0.2, 0) is 60.0 Å². The summed E-state index contributed by atoms with van der Waals surface area (Å²) in [4.78, 5) is 61.2. The van der Waals surface area contributed by atoms with Crippen molar-refractivity contribution in [3.8, 4) is 0 Å². The van der Waals surface area contributed by atoms with Gasteiger partial charge in [0, 0.05) is 78.8 Å². The number of carbonyl (C=O) groups excluding carboxylic acids is 4. The monoisotopic (exact) mass is 1200 g/mol. The predicted octanol–water partition coefficient (Wildman–Crippen LogP) is 13.3. The third kappa shape index (κ3) is 15.3. The van der Waals surface area contributed by atoms with Gasteiger partial charge < -0.3 is 38.5 Å². The van der Waals surface area contributed by atoms with Gasteiger partial charge in [-0.05, 0) is 153 Å². The number of likely N-dealkylation sites (tertiary alicyclic amines) is 4. The fourth-order valence-corrected chi connectivity index (χ4v) is 15.5. The lowest BCUT2D eigenvalue weighted by atomic mass is 9.72. The third-order valence-electron chi connectivity index (χ3n) is 22.0. The van der Waals surface area contributed by atoms with Crippen LogP contribution in [0.2, 0.25) is 0 Å². The first kappa shape index (κ1) is 67.0. The highest BCUT2D eigenvalue weighted by Crippen LogP contribution is 2.42. The summed E-state index contributed by atoms with van der Waals surface area (Å²) in [5, 5.41) is 0. The quantitative estimate of drug-likeness (QED) is 0.138. The van der Waals surface area contributed by atoms with E-state index in [0.717, 1.165) is 194 Å². The number of hydrogen-bond donors (Lipinski definition) is 0. The van der Waals surface area contributed by atoms with Crippen LogP contribution in [-0.4, -0.2) is 142 Å². The summed E-state index contributed by atoms with van der Waals surface area (Å²) in [6.07, 6.45) is 13.2. The molecule has 8 aliphatic rings. The maximum atomic E-state index is 13.4. The predicted molar refractivity (Wildman–Crippen MR) is 351 cm³/mol. The molecule has 12 heteroatoms. The van der Waals surface area contributed by atoms with Gasteiger partial charge in [-0.3, -0.25) is 19.2 Å². The molecule has 0 aliphatic carbocycles. The lowest BCUT2D eigenvalue weighted by Crippen LogP contribution is -2.59. The number of carbonyl (C=O) groups is 4. The number of ether oxygens (including phenoxy) is 4. The van der Waals surface area contributed by atoms with Gasteiger partial charge in [0.15, 0.2) is 5.60 Å². The molecule has 8 aliphatic heterocycles. The number of rotatable bonds is 12. The van der Waals surface area contributed by atoms with Gasteiger partial charge in [0.2, 0.25) is 17.7 Å². The SMILES string of the molecule is CC(C)C1CCN(C(=O)C2(c3ccccc3)CCCO2)CC1.CC(C)C1CCN(C(=O)C2(c3ccccc3)CCOC2)CC1.CC(C)C1CCN(C(=O)C2(c3ccccc3)CCOCC2)CC1.CC(C)C1CCN(C(=O)C2(c3ccccc3)COC2)CC1. The van der Waals surface area contributed by atoms with Crippen LogP contribution >= 0.6 is 0 Å².